The summed E-state index contributed by atoms with van der Waals surface area (Å²) in [5.41, 5.74) is 13.1. The molecule has 1 aliphatic rings. The van der Waals surface area contributed by atoms with Crippen molar-refractivity contribution < 1.29 is 0 Å². The van der Waals surface area contributed by atoms with Crippen LogP contribution in [-0.2, 0) is 5.41 Å². The molecule has 0 atom stereocenters. The first-order valence-corrected chi connectivity index (χ1v) is 13.9. The Morgan fingerprint density at radius 2 is 1.23 bits per heavy atom. The van der Waals surface area contributed by atoms with Crippen molar-refractivity contribution in [3.8, 4) is 33.5 Å². The highest BCUT2D eigenvalue weighted by Gasteiger charge is 2.35. The Kier molecular flexibility index (Phi) is 4.82. The number of aryl methyl sites for hydroxylation is 1. The number of hydrogen-bond donors (Lipinski definition) is 0. The van der Waals surface area contributed by atoms with Crippen LogP contribution in [0.15, 0.2) is 115 Å². The topological polar surface area (TPSA) is 25.8 Å². The van der Waals surface area contributed by atoms with Gasteiger partial charge in [-0.2, -0.15) is 0 Å². The maximum absolute atomic E-state index is 5.10. The molecule has 1 aliphatic carbocycles. The van der Waals surface area contributed by atoms with E-state index in [9.17, 15) is 0 Å². The van der Waals surface area contributed by atoms with Crippen LogP contribution in [0.25, 0.3) is 66.1 Å². The molecule has 0 spiro atoms. The van der Waals surface area contributed by atoms with Crippen molar-refractivity contribution in [2.75, 3.05) is 0 Å². The van der Waals surface area contributed by atoms with E-state index in [1.54, 1.807) is 0 Å². The minimum Gasteiger partial charge on any atom is -0.252 e. The molecule has 2 nitrogen and oxygen atoms in total. The summed E-state index contributed by atoms with van der Waals surface area (Å²) in [6.07, 6.45) is 1.93. The first kappa shape index (κ1) is 23.1. The molecule has 0 N–H and O–H groups in total. The van der Waals surface area contributed by atoms with Crippen LogP contribution in [0.1, 0.15) is 30.5 Å². The van der Waals surface area contributed by atoms with Gasteiger partial charge in [-0.15, -0.1) is 0 Å². The molecule has 0 unspecified atom stereocenters. The van der Waals surface area contributed by atoms with Crippen molar-refractivity contribution in [1.29, 1.82) is 0 Å². The van der Waals surface area contributed by atoms with Crippen molar-refractivity contribution in [3.63, 3.8) is 0 Å². The van der Waals surface area contributed by atoms with Gasteiger partial charge in [0.15, 0.2) is 0 Å². The van der Waals surface area contributed by atoms with E-state index in [2.05, 4.69) is 106 Å². The van der Waals surface area contributed by atoms with Crippen molar-refractivity contribution in [2.24, 2.45) is 0 Å². The van der Waals surface area contributed by atoms with E-state index in [1.807, 2.05) is 30.5 Å². The molecule has 0 fully saturated rings. The van der Waals surface area contributed by atoms with Crippen LogP contribution in [0, 0.1) is 6.92 Å². The molecule has 0 saturated heterocycles. The Bertz CT molecular complexity index is 2150. The monoisotopic (exact) mass is 512 g/mol. The molecule has 0 aliphatic heterocycles. The van der Waals surface area contributed by atoms with Gasteiger partial charge < -0.3 is 0 Å². The summed E-state index contributed by atoms with van der Waals surface area (Å²) >= 11 is 0. The van der Waals surface area contributed by atoms with Gasteiger partial charge in [-0.25, -0.2) is 4.98 Å². The number of aromatic nitrogens is 2. The summed E-state index contributed by atoms with van der Waals surface area (Å²) < 4.78 is 0. The van der Waals surface area contributed by atoms with E-state index in [-0.39, 0.29) is 5.41 Å². The van der Waals surface area contributed by atoms with Crippen LogP contribution in [-0.4, -0.2) is 9.97 Å². The zero-order valence-electron chi connectivity index (χ0n) is 22.9. The smallest absolute Gasteiger partial charge is 0.0905 e. The second-order valence-corrected chi connectivity index (χ2v) is 11.5. The normalized spacial score (nSPS) is 13.6. The van der Waals surface area contributed by atoms with Gasteiger partial charge in [-0.05, 0) is 80.0 Å². The van der Waals surface area contributed by atoms with Gasteiger partial charge in [-0.3, -0.25) is 4.98 Å². The van der Waals surface area contributed by atoms with E-state index in [0.717, 1.165) is 22.3 Å². The predicted octanol–water partition coefficient (Wildman–Crippen LogP) is 9.88. The lowest BCUT2D eigenvalue weighted by Gasteiger charge is -2.23. The van der Waals surface area contributed by atoms with Gasteiger partial charge in [0.1, 0.15) is 0 Å². The van der Waals surface area contributed by atoms with Gasteiger partial charge in [0.25, 0.3) is 0 Å². The first-order chi connectivity index (χ1) is 19.5. The van der Waals surface area contributed by atoms with Crippen molar-refractivity contribution >= 4 is 32.6 Å². The van der Waals surface area contributed by atoms with Gasteiger partial charge in [0, 0.05) is 11.0 Å². The molecule has 1 heterocycles. The Morgan fingerprint density at radius 3 is 2.08 bits per heavy atom. The fourth-order valence-electron chi connectivity index (χ4n) is 6.82. The summed E-state index contributed by atoms with van der Waals surface area (Å²) in [7, 11) is 0. The van der Waals surface area contributed by atoms with Crippen LogP contribution in [0.4, 0.5) is 0 Å². The third kappa shape index (κ3) is 3.23. The Hall–Kier alpha value is -4.82. The standard InChI is InChI=1S/C38H28N2/c1-23-16-18-29-30(20-23)36(24-17-19-26-25-10-6-7-13-31(25)38(2,3)32(26)21-24)27-11-4-5-12-28(27)37(29)35-22-39-33-14-8-9-15-34(33)40-35/h4-22H,1-3H3. The highest BCUT2D eigenvalue weighted by Crippen LogP contribution is 2.51. The molecule has 0 bridgehead atoms. The molecule has 6 aromatic carbocycles. The van der Waals surface area contributed by atoms with Gasteiger partial charge in [-0.1, -0.05) is 110 Å². The summed E-state index contributed by atoms with van der Waals surface area (Å²) in [6, 6.07) is 39.6. The average Bonchev–Trinajstić information content (AvgIpc) is 3.21. The van der Waals surface area contributed by atoms with Crippen molar-refractivity contribution in [3.05, 3.63) is 132 Å². The molecule has 40 heavy (non-hydrogen) atoms. The molecule has 7 aromatic rings. The molecule has 2 heteroatoms. The second-order valence-electron chi connectivity index (χ2n) is 11.5. The average molecular weight is 513 g/mol. The minimum atomic E-state index is -0.0515. The fraction of sp³-hybridized carbons (Fsp3) is 0.105. The van der Waals surface area contributed by atoms with Crippen molar-refractivity contribution in [2.45, 2.75) is 26.2 Å². The number of benzene rings is 6. The van der Waals surface area contributed by atoms with Gasteiger partial charge >= 0.3 is 0 Å². The number of rotatable bonds is 2. The molecule has 0 saturated carbocycles. The summed E-state index contributed by atoms with van der Waals surface area (Å²) in [5.74, 6) is 0. The summed E-state index contributed by atoms with van der Waals surface area (Å²) in [6.45, 7) is 6.88. The lowest BCUT2D eigenvalue weighted by Crippen LogP contribution is -2.14. The van der Waals surface area contributed by atoms with Crippen molar-refractivity contribution in [1.82, 2.24) is 9.97 Å². The Labute approximate surface area is 234 Å². The molecule has 0 amide bonds. The summed E-state index contributed by atoms with van der Waals surface area (Å²) in [5, 5.41) is 4.88. The lowest BCUT2D eigenvalue weighted by molar-refractivity contribution is 0.660. The predicted molar refractivity (Wildman–Crippen MR) is 168 cm³/mol. The number of fused-ring (bicyclic) bond motifs is 6. The van der Waals surface area contributed by atoms with E-state index < -0.39 is 0 Å². The number of para-hydroxylation sites is 2. The maximum atomic E-state index is 5.10. The van der Waals surface area contributed by atoms with Crippen LogP contribution in [0.3, 0.4) is 0 Å². The van der Waals surface area contributed by atoms with Crippen LogP contribution in [0.5, 0.6) is 0 Å². The van der Waals surface area contributed by atoms with Crippen LogP contribution in [0.2, 0.25) is 0 Å². The summed E-state index contributed by atoms with van der Waals surface area (Å²) in [4.78, 5) is 9.88. The number of hydrogen-bond acceptors (Lipinski definition) is 2. The molecular formula is C38H28N2. The number of nitrogens with zero attached hydrogens (tertiary/aromatic N) is 2. The van der Waals surface area contributed by atoms with Gasteiger partial charge in [0.2, 0.25) is 0 Å². The largest absolute Gasteiger partial charge is 0.252 e. The highest BCUT2D eigenvalue weighted by atomic mass is 14.8. The van der Waals surface area contributed by atoms with Gasteiger partial charge in [0.05, 0.1) is 22.9 Å². The third-order valence-corrected chi connectivity index (χ3v) is 8.76. The third-order valence-electron chi connectivity index (χ3n) is 8.76. The highest BCUT2D eigenvalue weighted by molar-refractivity contribution is 6.21. The van der Waals surface area contributed by atoms with E-state index in [0.29, 0.717) is 0 Å². The minimum absolute atomic E-state index is 0.0515. The van der Waals surface area contributed by atoms with E-state index >= 15 is 0 Å². The Balaban J connectivity index is 1.46. The molecule has 0 radical (unpaired) electrons. The second kappa shape index (κ2) is 8.34. The zero-order valence-corrected chi connectivity index (χ0v) is 22.9. The molecular weight excluding hydrogens is 484 g/mol. The molecule has 8 rings (SSSR count). The van der Waals surface area contributed by atoms with E-state index in [1.165, 1.54) is 60.5 Å². The van der Waals surface area contributed by atoms with E-state index in [4.69, 9.17) is 9.97 Å². The molecule has 190 valence electrons. The van der Waals surface area contributed by atoms with Crippen LogP contribution >= 0.6 is 0 Å². The first-order valence-electron chi connectivity index (χ1n) is 13.9. The molecule has 1 aromatic heterocycles. The maximum Gasteiger partial charge on any atom is 0.0905 e. The quantitative estimate of drug-likeness (QED) is 0.215. The van der Waals surface area contributed by atoms with Crippen LogP contribution < -0.4 is 0 Å². The lowest BCUT2D eigenvalue weighted by atomic mass is 9.80. The zero-order chi connectivity index (χ0) is 27.0. The fourth-order valence-corrected chi connectivity index (χ4v) is 6.82. The Morgan fingerprint density at radius 1 is 0.550 bits per heavy atom. The SMILES string of the molecule is Cc1ccc2c(-c3cnc4ccccc4n3)c3ccccc3c(-c3ccc4c(c3)C(C)(C)c3ccccc3-4)c2c1.